The van der Waals surface area contributed by atoms with Crippen LogP contribution in [0.1, 0.15) is 20.8 Å². The Kier molecular flexibility index (Phi) is 5.84. The van der Waals surface area contributed by atoms with E-state index in [1.165, 1.54) is 12.1 Å². The number of nitrogens with one attached hydrogen (secondary N) is 1. The second-order valence-electron chi connectivity index (χ2n) is 4.00. The van der Waals surface area contributed by atoms with E-state index in [9.17, 15) is 9.18 Å². The second-order valence-corrected chi connectivity index (χ2v) is 5.16. The predicted molar refractivity (Wildman–Crippen MR) is 80.1 cm³/mol. The number of anilines is 1. The van der Waals surface area contributed by atoms with Crippen LogP contribution in [-0.2, 0) is 4.79 Å². The van der Waals surface area contributed by atoms with Gasteiger partial charge >= 0.3 is 0 Å². The van der Waals surface area contributed by atoms with Gasteiger partial charge in [0.15, 0.2) is 0 Å². The molecule has 0 aliphatic rings. The Hall–Kier alpha value is -0.850. The van der Waals surface area contributed by atoms with Crippen molar-refractivity contribution in [2.24, 2.45) is 0 Å². The lowest BCUT2D eigenvalue weighted by atomic mass is 10.2. The summed E-state index contributed by atoms with van der Waals surface area (Å²) >= 11 is 2.05. The highest BCUT2D eigenvalue weighted by molar-refractivity contribution is 14.1. The van der Waals surface area contributed by atoms with Crippen LogP contribution in [0, 0.1) is 9.39 Å². The van der Waals surface area contributed by atoms with Crippen molar-refractivity contribution in [3.63, 3.8) is 0 Å². The minimum absolute atomic E-state index is 0.0557. The number of halogens is 2. The van der Waals surface area contributed by atoms with Gasteiger partial charge in [-0.2, -0.15) is 0 Å². The predicted octanol–water partition coefficient (Wildman–Crippen LogP) is 3.10. The number of hydrogen-bond acceptors (Lipinski definition) is 2. The molecule has 0 heterocycles. The van der Waals surface area contributed by atoms with Crippen molar-refractivity contribution in [1.82, 2.24) is 4.90 Å². The Morgan fingerprint density at radius 1 is 1.44 bits per heavy atom. The standard InChI is InChI=1S/C13H18FIN2O/c1-4-17(5-2)13(18)9(3)16-12-7-6-10(14)8-11(12)15/h6-9,16H,4-5H2,1-3H3. The Balaban J connectivity index is 2.75. The molecule has 18 heavy (non-hydrogen) atoms. The lowest BCUT2D eigenvalue weighted by Gasteiger charge is -2.24. The molecule has 1 rings (SSSR count). The van der Waals surface area contributed by atoms with E-state index in [2.05, 4.69) is 27.9 Å². The average Bonchev–Trinajstić information content (AvgIpc) is 2.34. The smallest absolute Gasteiger partial charge is 0.244 e. The summed E-state index contributed by atoms with van der Waals surface area (Å²) in [4.78, 5) is 13.8. The number of hydrogen-bond donors (Lipinski definition) is 1. The van der Waals surface area contributed by atoms with Crippen molar-refractivity contribution in [1.29, 1.82) is 0 Å². The summed E-state index contributed by atoms with van der Waals surface area (Å²) in [5, 5.41) is 3.12. The molecule has 5 heteroatoms. The van der Waals surface area contributed by atoms with Gasteiger partial charge in [0.25, 0.3) is 0 Å². The number of carbonyl (C=O) groups is 1. The summed E-state index contributed by atoms with van der Waals surface area (Å²) in [5.74, 6) is -0.215. The quantitative estimate of drug-likeness (QED) is 0.815. The molecule has 0 aromatic heterocycles. The molecule has 1 aromatic carbocycles. The zero-order valence-electron chi connectivity index (χ0n) is 10.8. The molecule has 100 valence electrons. The molecule has 0 saturated carbocycles. The fourth-order valence-electron chi connectivity index (χ4n) is 1.71. The van der Waals surface area contributed by atoms with E-state index >= 15 is 0 Å². The van der Waals surface area contributed by atoms with Crippen LogP contribution in [0.5, 0.6) is 0 Å². The van der Waals surface area contributed by atoms with Crippen LogP contribution < -0.4 is 5.32 Å². The maximum Gasteiger partial charge on any atom is 0.244 e. The van der Waals surface area contributed by atoms with Crippen molar-refractivity contribution in [2.45, 2.75) is 26.8 Å². The molecule has 0 aliphatic heterocycles. The fourth-order valence-corrected chi connectivity index (χ4v) is 2.34. The van der Waals surface area contributed by atoms with Gasteiger partial charge in [0.2, 0.25) is 5.91 Å². The summed E-state index contributed by atoms with van der Waals surface area (Å²) in [7, 11) is 0. The highest BCUT2D eigenvalue weighted by atomic mass is 127. The van der Waals surface area contributed by atoms with Crippen LogP contribution in [-0.4, -0.2) is 29.9 Å². The summed E-state index contributed by atoms with van der Waals surface area (Å²) < 4.78 is 13.7. The van der Waals surface area contributed by atoms with Gasteiger partial charge in [-0.3, -0.25) is 4.79 Å². The number of rotatable bonds is 5. The number of benzene rings is 1. The van der Waals surface area contributed by atoms with Gasteiger partial charge in [0.05, 0.1) is 0 Å². The van der Waals surface area contributed by atoms with Gasteiger partial charge < -0.3 is 10.2 Å². The molecule has 0 aliphatic carbocycles. The van der Waals surface area contributed by atoms with E-state index in [4.69, 9.17) is 0 Å². The van der Waals surface area contributed by atoms with Crippen molar-refractivity contribution in [3.8, 4) is 0 Å². The topological polar surface area (TPSA) is 32.3 Å². The van der Waals surface area contributed by atoms with Crippen LogP contribution in [0.25, 0.3) is 0 Å². The maximum atomic E-state index is 13.0. The Labute approximate surface area is 121 Å². The third-order valence-electron chi connectivity index (χ3n) is 2.75. The number of likely N-dealkylation sites (N-methyl/N-ethyl adjacent to an activating group) is 1. The Bertz CT molecular complexity index is 421. The van der Waals surface area contributed by atoms with Gasteiger partial charge in [-0.1, -0.05) is 0 Å². The Morgan fingerprint density at radius 3 is 2.56 bits per heavy atom. The molecular weight excluding hydrogens is 346 g/mol. The molecular formula is C13H18FIN2O. The van der Waals surface area contributed by atoms with Gasteiger partial charge in [-0.15, -0.1) is 0 Å². The van der Waals surface area contributed by atoms with E-state index in [1.807, 2.05) is 20.8 Å². The molecule has 1 amide bonds. The minimum Gasteiger partial charge on any atom is -0.373 e. The molecule has 0 fully saturated rings. The molecule has 0 bridgehead atoms. The largest absolute Gasteiger partial charge is 0.373 e. The van der Waals surface area contributed by atoms with Gasteiger partial charge in [-0.05, 0) is 61.6 Å². The Morgan fingerprint density at radius 2 is 2.06 bits per heavy atom. The summed E-state index contributed by atoms with van der Waals surface area (Å²) in [6.07, 6.45) is 0. The first-order chi connectivity index (χ1) is 8.49. The van der Waals surface area contributed by atoms with E-state index in [0.29, 0.717) is 13.1 Å². The van der Waals surface area contributed by atoms with E-state index in [-0.39, 0.29) is 17.8 Å². The highest BCUT2D eigenvalue weighted by Crippen LogP contribution is 2.20. The molecule has 0 radical (unpaired) electrons. The number of amides is 1. The van der Waals surface area contributed by atoms with Crippen LogP contribution in [0.15, 0.2) is 18.2 Å². The lowest BCUT2D eigenvalue weighted by molar-refractivity contribution is -0.131. The van der Waals surface area contributed by atoms with Gasteiger partial charge in [0.1, 0.15) is 11.9 Å². The average molecular weight is 364 g/mol. The minimum atomic E-state index is -0.316. The van der Waals surface area contributed by atoms with E-state index < -0.39 is 0 Å². The summed E-state index contributed by atoms with van der Waals surface area (Å²) in [6, 6.07) is 4.17. The van der Waals surface area contributed by atoms with Crippen molar-refractivity contribution < 1.29 is 9.18 Å². The monoisotopic (exact) mass is 364 g/mol. The summed E-state index contributed by atoms with van der Waals surface area (Å²) in [5.41, 5.74) is 0.782. The molecule has 1 N–H and O–H groups in total. The maximum absolute atomic E-state index is 13.0. The SMILES string of the molecule is CCN(CC)C(=O)C(C)Nc1ccc(F)cc1I. The van der Waals surface area contributed by atoms with Crippen LogP contribution in [0.3, 0.4) is 0 Å². The molecule has 0 spiro atoms. The van der Waals surface area contributed by atoms with Gasteiger partial charge in [-0.25, -0.2) is 4.39 Å². The molecule has 1 atom stereocenters. The summed E-state index contributed by atoms with van der Waals surface area (Å²) in [6.45, 7) is 7.12. The van der Waals surface area contributed by atoms with Crippen LogP contribution in [0.4, 0.5) is 10.1 Å². The first kappa shape index (κ1) is 15.2. The molecule has 3 nitrogen and oxygen atoms in total. The third kappa shape index (κ3) is 3.83. The molecule has 1 unspecified atom stereocenters. The van der Waals surface area contributed by atoms with Crippen molar-refractivity contribution in [3.05, 3.63) is 27.6 Å². The fraction of sp³-hybridized carbons (Fsp3) is 0.462. The second kappa shape index (κ2) is 6.92. The van der Waals surface area contributed by atoms with Crippen LogP contribution >= 0.6 is 22.6 Å². The first-order valence-corrected chi connectivity index (χ1v) is 7.07. The van der Waals surface area contributed by atoms with Crippen LogP contribution in [0.2, 0.25) is 0 Å². The first-order valence-electron chi connectivity index (χ1n) is 6.00. The highest BCUT2D eigenvalue weighted by Gasteiger charge is 2.18. The third-order valence-corrected chi connectivity index (χ3v) is 3.64. The van der Waals surface area contributed by atoms with E-state index in [1.54, 1.807) is 11.0 Å². The number of nitrogens with zero attached hydrogens (tertiary/aromatic N) is 1. The van der Waals surface area contributed by atoms with Crippen molar-refractivity contribution in [2.75, 3.05) is 18.4 Å². The molecule has 1 aromatic rings. The lowest BCUT2D eigenvalue weighted by Crippen LogP contribution is -2.41. The molecule has 0 saturated heterocycles. The van der Waals surface area contributed by atoms with Crippen molar-refractivity contribution >= 4 is 34.2 Å². The zero-order valence-corrected chi connectivity index (χ0v) is 13.0. The van der Waals surface area contributed by atoms with E-state index in [0.717, 1.165) is 9.26 Å². The zero-order chi connectivity index (χ0) is 13.7. The normalized spacial score (nSPS) is 12.1. The number of carbonyl (C=O) groups excluding carboxylic acids is 1. The van der Waals surface area contributed by atoms with Gasteiger partial charge in [0, 0.05) is 22.3 Å².